The number of nitrogens with zero attached hydrogens (tertiary/aromatic N) is 4. The first-order valence-corrected chi connectivity index (χ1v) is 6.75. The molecule has 2 N–H and O–H groups in total. The van der Waals surface area contributed by atoms with Crippen molar-refractivity contribution in [2.24, 2.45) is 0 Å². The van der Waals surface area contributed by atoms with Crippen LogP contribution < -0.4 is 10.5 Å². The van der Waals surface area contributed by atoms with Crippen molar-refractivity contribution in [1.29, 1.82) is 0 Å². The van der Waals surface area contributed by atoms with Crippen LogP contribution in [-0.4, -0.2) is 59.4 Å². The van der Waals surface area contributed by atoms with Gasteiger partial charge in [-0.1, -0.05) is 0 Å². The summed E-state index contributed by atoms with van der Waals surface area (Å²) in [5.74, 6) is 1.07. The van der Waals surface area contributed by atoms with E-state index >= 15 is 0 Å². The molecule has 0 bridgehead atoms. The lowest BCUT2D eigenvalue weighted by Crippen LogP contribution is -2.38. The first-order valence-electron chi connectivity index (χ1n) is 6.75. The highest BCUT2D eigenvalue weighted by atomic mass is 16.5. The minimum atomic E-state index is 0.494. The van der Waals surface area contributed by atoms with Crippen LogP contribution in [0.4, 0.5) is 5.95 Å². The first-order chi connectivity index (χ1) is 9.78. The molecular weight excluding hydrogens is 258 g/mol. The SMILES string of the molecule is COc1ccc2nc(N)n(CCN3CCOCC3)c2n1. The number of imidazole rings is 1. The molecule has 0 spiro atoms. The van der Waals surface area contributed by atoms with Crippen molar-refractivity contribution in [2.75, 3.05) is 45.7 Å². The third-order valence-corrected chi connectivity index (χ3v) is 3.55. The van der Waals surface area contributed by atoms with Gasteiger partial charge in [0.1, 0.15) is 5.52 Å². The minimum Gasteiger partial charge on any atom is -0.481 e. The highest BCUT2D eigenvalue weighted by Crippen LogP contribution is 2.19. The summed E-state index contributed by atoms with van der Waals surface area (Å²) in [4.78, 5) is 11.1. The normalized spacial score (nSPS) is 16.6. The monoisotopic (exact) mass is 277 g/mol. The summed E-state index contributed by atoms with van der Waals surface area (Å²) in [6.45, 7) is 5.20. The average Bonchev–Trinajstić information content (AvgIpc) is 2.80. The summed E-state index contributed by atoms with van der Waals surface area (Å²) >= 11 is 0. The van der Waals surface area contributed by atoms with Crippen molar-refractivity contribution in [3.8, 4) is 5.88 Å². The van der Waals surface area contributed by atoms with E-state index in [9.17, 15) is 0 Å². The maximum absolute atomic E-state index is 5.99. The van der Waals surface area contributed by atoms with Gasteiger partial charge in [-0.2, -0.15) is 4.98 Å². The van der Waals surface area contributed by atoms with Crippen LogP contribution in [0.1, 0.15) is 0 Å². The highest BCUT2D eigenvalue weighted by Gasteiger charge is 2.14. The molecule has 1 aliphatic heterocycles. The second kappa shape index (κ2) is 5.64. The smallest absolute Gasteiger partial charge is 0.215 e. The molecule has 1 fully saturated rings. The maximum Gasteiger partial charge on any atom is 0.215 e. The molecule has 0 atom stereocenters. The van der Waals surface area contributed by atoms with Crippen LogP contribution >= 0.6 is 0 Å². The van der Waals surface area contributed by atoms with Gasteiger partial charge in [0.25, 0.3) is 0 Å². The Morgan fingerprint density at radius 2 is 2.05 bits per heavy atom. The van der Waals surface area contributed by atoms with Crippen molar-refractivity contribution in [3.63, 3.8) is 0 Å². The van der Waals surface area contributed by atoms with Crippen molar-refractivity contribution >= 4 is 17.1 Å². The lowest BCUT2D eigenvalue weighted by atomic mass is 10.4. The van der Waals surface area contributed by atoms with E-state index in [1.165, 1.54) is 0 Å². The lowest BCUT2D eigenvalue weighted by Gasteiger charge is -2.26. The zero-order chi connectivity index (χ0) is 13.9. The van der Waals surface area contributed by atoms with Crippen molar-refractivity contribution in [3.05, 3.63) is 12.1 Å². The summed E-state index contributed by atoms with van der Waals surface area (Å²) in [6.07, 6.45) is 0. The Hall–Kier alpha value is -1.86. The fourth-order valence-corrected chi connectivity index (χ4v) is 2.40. The zero-order valence-electron chi connectivity index (χ0n) is 11.6. The summed E-state index contributed by atoms with van der Waals surface area (Å²) in [7, 11) is 1.60. The number of nitrogen functional groups attached to an aromatic ring is 1. The number of rotatable bonds is 4. The third kappa shape index (κ3) is 2.54. The Labute approximate surface area is 117 Å². The summed E-state index contributed by atoms with van der Waals surface area (Å²) in [6, 6.07) is 3.67. The van der Waals surface area contributed by atoms with Crippen LogP contribution in [0.2, 0.25) is 0 Å². The number of methoxy groups -OCH3 is 1. The summed E-state index contributed by atoms with van der Waals surface area (Å²) < 4.78 is 12.4. The molecule has 108 valence electrons. The third-order valence-electron chi connectivity index (χ3n) is 3.55. The molecule has 0 saturated carbocycles. The van der Waals surface area contributed by atoms with E-state index in [4.69, 9.17) is 15.2 Å². The molecule has 20 heavy (non-hydrogen) atoms. The van der Waals surface area contributed by atoms with Gasteiger partial charge < -0.3 is 15.2 Å². The van der Waals surface area contributed by atoms with Crippen LogP contribution in [0.15, 0.2) is 12.1 Å². The van der Waals surface area contributed by atoms with Gasteiger partial charge in [0.05, 0.1) is 20.3 Å². The van der Waals surface area contributed by atoms with Gasteiger partial charge in [-0.25, -0.2) is 4.98 Å². The minimum absolute atomic E-state index is 0.494. The Morgan fingerprint density at radius 3 is 2.80 bits per heavy atom. The first kappa shape index (κ1) is 13.1. The van der Waals surface area contributed by atoms with E-state index in [2.05, 4.69) is 14.9 Å². The van der Waals surface area contributed by atoms with Gasteiger partial charge in [-0.05, 0) is 6.07 Å². The Morgan fingerprint density at radius 1 is 1.25 bits per heavy atom. The van der Waals surface area contributed by atoms with Gasteiger partial charge in [0.2, 0.25) is 11.8 Å². The molecule has 7 heteroatoms. The van der Waals surface area contributed by atoms with Crippen LogP contribution in [0, 0.1) is 0 Å². The molecule has 1 aliphatic rings. The Kier molecular flexibility index (Phi) is 3.70. The predicted octanol–water partition coefficient (Wildman–Crippen LogP) is 0.354. The molecule has 1 saturated heterocycles. The summed E-state index contributed by atoms with van der Waals surface area (Å²) in [5.41, 5.74) is 7.56. The van der Waals surface area contributed by atoms with Crippen LogP contribution in [0.25, 0.3) is 11.2 Å². The van der Waals surface area contributed by atoms with Crippen LogP contribution in [0.5, 0.6) is 5.88 Å². The van der Waals surface area contributed by atoms with Gasteiger partial charge in [-0.15, -0.1) is 0 Å². The van der Waals surface area contributed by atoms with Gasteiger partial charge in [0.15, 0.2) is 5.65 Å². The van der Waals surface area contributed by atoms with Crippen molar-refractivity contribution < 1.29 is 9.47 Å². The average molecular weight is 277 g/mol. The van der Waals surface area contributed by atoms with E-state index in [-0.39, 0.29) is 0 Å². The molecule has 2 aromatic heterocycles. The molecule has 7 nitrogen and oxygen atoms in total. The molecule has 2 aromatic rings. The number of pyridine rings is 1. The largest absolute Gasteiger partial charge is 0.481 e. The lowest BCUT2D eigenvalue weighted by molar-refractivity contribution is 0.0366. The topological polar surface area (TPSA) is 78.4 Å². The van der Waals surface area contributed by atoms with Crippen LogP contribution in [-0.2, 0) is 11.3 Å². The second-order valence-electron chi connectivity index (χ2n) is 4.77. The number of fused-ring (bicyclic) bond motifs is 1. The quantitative estimate of drug-likeness (QED) is 0.869. The number of hydrogen-bond acceptors (Lipinski definition) is 6. The van der Waals surface area contributed by atoms with Crippen LogP contribution in [0.3, 0.4) is 0 Å². The fraction of sp³-hybridized carbons (Fsp3) is 0.538. The number of nitrogens with two attached hydrogens (primary N) is 1. The summed E-state index contributed by atoms with van der Waals surface area (Å²) in [5, 5.41) is 0. The van der Waals surface area contributed by atoms with Crippen molar-refractivity contribution in [1.82, 2.24) is 19.4 Å². The van der Waals surface area contributed by atoms with Gasteiger partial charge >= 0.3 is 0 Å². The molecule has 0 aromatic carbocycles. The Balaban J connectivity index is 1.80. The van der Waals surface area contributed by atoms with E-state index < -0.39 is 0 Å². The molecule has 3 heterocycles. The molecule has 0 amide bonds. The van der Waals surface area contributed by atoms with Crippen molar-refractivity contribution in [2.45, 2.75) is 6.54 Å². The number of ether oxygens (including phenoxy) is 2. The molecule has 0 radical (unpaired) electrons. The van der Waals surface area contributed by atoms with Gasteiger partial charge in [0, 0.05) is 32.2 Å². The standard InChI is InChI=1S/C13H19N5O2/c1-19-11-3-2-10-12(16-11)18(13(14)15-10)5-4-17-6-8-20-9-7-17/h2-3H,4-9H2,1H3,(H2,14,15). The molecular formula is C13H19N5O2. The number of anilines is 1. The fourth-order valence-electron chi connectivity index (χ4n) is 2.40. The van der Waals surface area contributed by atoms with E-state index in [1.54, 1.807) is 13.2 Å². The predicted molar refractivity (Wildman–Crippen MR) is 75.8 cm³/mol. The highest BCUT2D eigenvalue weighted by molar-refractivity contribution is 5.74. The Bertz CT molecular complexity index is 592. The van der Waals surface area contributed by atoms with E-state index in [0.29, 0.717) is 11.8 Å². The number of morpholine rings is 1. The molecule has 0 aliphatic carbocycles. The van der Waals surface area contributed by atoms with E-state index in [0.717, 1.165) is 50.6 Å². The second-order valence-corrected chi connectivity index (χ2v) is 4.77. The molecule has 3 rings (SSSR count). The maximum atomic E-state index is 5.99. The number of aromatic nitrogens is 3. The zero-order valence-corrected chi connectivity index (χ0v) is 11.6. The van der Waals surface area contributed by atoms with Gasteiger partial charge in [-0.3, -0.25) is 9.47 Å². The number of hydrogen-bond donors (Lipinski definition) is 1. The van der Waals surface area contributed by atoms with E-state index in [1.807, 2.05) is 10.6 Å². The molecule has 0 unspecified atom stereocenters.